The summed E-state index contributed by atoms with van der Waals surface area (Å²) in [6, 6.07) is 9.82. The van der Waals surface area contributed by atoms with Crippen molar-refractivity contribution < 1.29 is 5.11 Å². The SMILES string of the molecule is CCNCCCNc1ncc(C)c2c1c1ccc3c(O)cccc3c1n2C. The van der Waals surface area contributed by atoms with Crippen LogP contribution in [0.15, 0.2) is 36.5 Å². The van der Waals surface area contributed by atoms with Crippen LogP contribution in [-0.2, 0) is 7.05 Å². The largest absolute Gasteiger partial charge is 0.507 e. The Kier molecular flexibility index (Phi) is 4.62. The van der Waals surface area contributed by atoms with Gasteiger partial charge in [-0.05, 0) is 44.1 Å². The van der Waals surface area contributed by atoms with Gasteiger partial charge in [-0.1, -0.05) is 25.1 Å². The lowest BCUT2D eigenvalue weighted by atomic mass is 10.0. The van der Waals surface area contributed by atoms with E-state index in [0.29, 0.717) is 5.75 Å². The van der Waals surface area contributed by atoms with Crippen molar-refractivity contribution in [2.75, 3.05) is 25.0 Å². The number of phenols is 1. The van der Waals surface area contributed by atoms with Crippen molar-refractivity contribution in [3.05, 3.63) is 42.1 Å². The summed E-state index contributed by atoms with van der Waals surface area (Å²) >= 11 is 0. The molecule has 5 nitrogen and oxygen atoms in total. The molecule has 0 saturated heterocycles. The van der Waals surface area contributed by atoms with Crippen molar-refractivity contribution in [1.82, 2.24) is 14.9 Å². The van der Waals surface area contributed by atoms with Crippen molar-refractivity contribution in [3.8, 4) is 5.75 Å². The van der Waals surface area contributed by atoms with Crippen LogP contribution in [0, 0.1) is 6.92 Å². The molecular formula is C22H26N4O. The van der Waals surface area contributed by atoms with Crippen LogP contribution >= 0.6 is 0 Å². The van der Waals surface area contributed by atoms with Gasteiger partial charge in [0.15, 0.2) is 0 Å². The van der Waals surface area contributed by atoms with Crippen molar-refractivity contribution in [2.24, 2.45) is 7.05 Å². The fraction of sp³-hybridized carbons (Fsp3) is 0.318. The zero-order valence-electron chi connectivity index (χ0n) is 16.1. The predicted octanol–water partition coefficient (Wildman–Crippen LogP) is 4.31. The van der Waals surface area contributed by atoms with Gasteiger partial charge in [-0.15, -0.1) is 0 Å². The number of rotatable bonds is 6. The lowest BCUT2D eigenvalue weighted by Gasteiger charge is -2.09. The highest BCUT2D eigenvalue weighted by atomic mass is 16.3. The van der Waals surface area contributed by atoms with E-state index in [0.717, 1.165) is 64.5 Å². The number of anilines is 1. The minimum Gasteiger partial charge on any atom is -0.507 e. The first-order valence-corrected chi connectivity index (χ1v) is 9.56. The van der Waals surface area contributed by atoms with Crippen LogP contribution in [0.25, 0.3) is 32.6 Å². The molecule has 140 valence electrons. The fourth-order valence-corrected chi connectivity index (χ4v) is 4.01. The number of hydrogen-bond acceptors (Lipinski definition) is 4. The molecule has 4 rings (SSSR count). The normalized spacial score (nSPS) is 11.7. The third kappa shape index (κ3) is 2.88. The standard InChI is InChI=1S/C22H26N4O/c1-4-23-11-6-12-24-22-19-17-10-9-15-16(7-5-8-18(15)27)21(17)26(3)20(19)14(2)13-25-22/h5,7-10,13,23,27H,4,6,11-12H2,1-3H3,(H,24,25). The summed E-state index contributed by atoms with van der Waals surface area (Å²) in [6.45, 7) is 7.09. The highest BCUT2D eigenvalue weighted by molar-refractivity contribution is 6.21. The summed E-state index contributed by atoms with van der Waals surface area (Å²) in [4.78, 5) is 4.69. The first-order chi connectivity index (χ1) is 13.1. The summed E-state index contributed by atoms with van der Waals surface area (Å²) in [5.41, 5.74) is 3.46. The zero-order chi connectivity index (χ0) is 19.0. The number of hydrogen-bond donors (Lipinski definition) is 3. The van der Waals surface area contributed by atoms with Crippen LogP contribution in [0.2, 0.25) is 0 Å². The Morgan fingerprint density at radius 1 is 1.04 bits per heavy atom. The molecule has 0 atom stereocenters. The molecule has 27 heavy (non-hydrogen) atoms. The van der Waals surface area contributed by atoms with Crippen molar-refractivity contribution in [2.45, 2.75) is 20.3 Å². The number of aromatic nitrogens is 2. The fourth-order valence-electron chi connectivity index (χ4n) is 4.01. The van der Waals surface area contributed by atoms with Gasteiger partial charge in [-0.2, -0.15) is 0 Å². The van der Waals surface area contributed by atoms with Gasteiger partial charge in [-0.25, -0.2) is 4.98 Å². The van der Waals surface area contributed by atoms with Crippen LogP contribution in [0.4, 0.5) is 5.82 Å². The summed E-state index contributed by atoms with van der Waals surface area (Å²) in [5.74, 6) is 1.24. The quantitative estimate of drug-likeness (QED) is 0.447. The highest BCUT2D eigenvalue weighted by Gasteiger charge is 2.17. The number of pyridine rings is 1. The number of benzene rings is 2. The van der Waals surface area contributed by atoms with Crippen LogP contribution in [0.3, 0.4) is 0 Å². The summed E-state index contributed by atoms with van der Waals surface area (Å²) in [7, 11) is 2.09. The molecule has 0 radical (unpaired) electrons. The van der Waals surface area contributed by atoms with E-state index in [1.165, 1.54) is 5.52 Å². The second-order valence-electron chi connectivity index (χ2n) is 7.04. The Bertz CT molecular complexity index is 1130. The molecule has 0 aliphatic rings. The number of aromatic hydroxyl groups is 1. The van der Waals surface area contributed by atoms with Gasteiger partial charge in [-0.3, -0.25) is 0 Å². The molecule has 2 heterocycles. The number of nitrogens with zero attached hydrogens (tertiary/aromatic N) is 2. The molecule has 0 fully saturated rings. The van der Waals surface area contributed by atoms with E-state index in [-0.39, 0.29) is 0 Å². The maximum Gasteiger partial charge on any atom is 0.136 e. The Balaban J connectivity index is 1.90. The summed E-state index contributed by atoms with van der Waals surface area (Å²) < 4.78 is 2.23. The van der Waals surface area contributed by atoms with E-state index >= 15 is 0 Å². The van der Waals surface area contributed by atoms with E-state index < -0.39 is 0 Å². The lowest BCUT2D eigenvalue weighted by molar-refractivity contribution is 0.481. The first kappa shape index (κ1) is 17.6. The molecule has 2 aromatic heterocycles. The second-order valence-corrected chi connectivity index (χ2v) is 7.04. The Labute approximate surface area is 159 Å². The van der Waals surface area contributed by atoms with Gasteiger partial charge in [0, 0.05) is 35.9 Å². The highest BCUT2D eigenvalue weighted by Crippen LogP contribution is 2.39. The van der Waals surface area contributed by atoms with Gasteiger partial charge in [0.05, 0.1) is 16.4 Å². The molecule has 5 heteroatoms. The van der Waals surface area contributed by atoms with E-state index in [1.807, 2.05) is 18.3 Å². The smallest absolute Gasteiger partial charge is 0.136 e. The molecule has 2 aromatic carbocycles. The lowest BCUT2D eigenvalue weighted by Crippen LogP contribution is -2.17. The van der Waals surface area contributed by atoms with E-state index in [9.17, 15) is 5.11 Å². The number of aryl methyl sites for hydroxylation is 2. The number of fused-ring (bicyclic) bond motifs is 5. The Morgan fingerprint density at radius 3 is 2.67 bits per heavy atom. The molecule has 0 spiro atoms. The van der Waals surface area contributed by atoms with Crippen LogP contribution < -0.4 is 10.6 Å². The topological polar surface area (TPSA) is 62.1 Å². The summed E-state index contributed by atoms with van der Waals surface area (Å²) in [6.07, 6.45) is 2.99. The Hall–Kier alpha value is -2.79. The monoisotopic (exact) mass is 362 g/mol. The van der Waals surface area contributed by atoms with Gasteiger partial charge < -0.3 is 20.3 Å². The Morgan fingerprint density at radius 2 is 1.85 bits per heavy atom. The molecule has 4 aromatic rings. The maximum absolute atomic E-state index is 10.3. The van der Waals surface area contributed by atoms with E-state index in [4.69, 9.17) is 4.98 Å². The number of phenolic OH excluding ortho intramolecular Hbond substituents is 1. The third-order valence-corrected chi connectivity index (χ3v) is 5.26. The minimum absolute atomic E-state index is 0.316. The van der Waals surface area contributed by atoms with Gasteiger partial charge in [0.2, 0.25) is 0 Å². The van der Waals surface area contributed by atoms with Crippen LogP contribution in [-0.4, -0.2) is 34.3 Å². The van der Waals surface area contributed by atoms with Crippen LogP contribution in [0.1, 0.15) is 18.9 Å². The first-order valence-electron chi connectivity index (χ1n) is 9.56. The van der Waals surface area contributed by atoms with Gasteiger partial charge >= 0.3 is 0 Å². The molecule has 0 aliphatic carbocycles. The molecule has 0 unspecified atom stereocenters. The second kappa shape index (κ2) is 7.08. The van der Waals surface area contributed by atoms with Crippen LogP contribution in [0.5, 0.6) is 5.75 Å². The average Bonchev–Trinajstić information content (AvgIpc) is 2.98. The zero-order valence-corrected chi connectivity index (χ0v) is 16.1. The number of nitrogens with one attached hydrogen (secondary N) is 2. The average molecular weight is 362 g/mol. The molecule has 0 saturated carbocycles. The van der Waals surface area contributed by atoms with Crippen molar-refractivity contribution in [3.63, 3.8) is 0 Å². The molecule has 0 bridgehead atoms. The molecule has 3 N–H and O–H groups in total. The molecule has 0 amide bonds. The van der Waals surface area contributed by atoms with E-state index in [1.54, 1.807) is 6.07 Å². The predicted molar refractivity (Wildman–Crippen MR) is 114 cm³/mol. The molecular weight excluding hydrogens is 336 g/mol. The third-order valence-electron chi connectivity index (χ3n) is 5.26. The van der Waals surface area contributed by atoms with Crippen molar-refractivity contribution in [1.29, 1.82) is 0 Å². The maximum atomic E-state index is 10.3. The van der Waals surface area contributed by atoms with E-state index in [2.05, 4.69) is 48.2 Å². The minimum atomic E-state index is 0.316. The van der Waals surface area contributed by atoms with Gasteiger partial charge in [0.1, 0.15) is 11.6 Å². The van der Waals surface area contributed by atoms with Crippen molar-refractivity contribution >= 4 is 38.4 Å². The summed E-state index contributed by atoms with van der Waals surface area (Å²) in [5, 5.41) is 21.4. The van der Waals surface area contributed by atoms with Gasteiger partial charge in [0.25, 0.3) is 0 Å². The molecule has 0 aliphatic heterocycles.